The van der Waals surface area contributed by atoms with E-state index in [1.807, 2.05) is 22.9 Å². The van der Waals surface area contributed by atoms with Gasteiger partial charge in [-0.15, -0.1) is 0 Å². The highest BCUT2D eigenvalue weighted by atomic mass is 35.5. The average molecular weight is 471 g/mol. The average Bonchev–Trinajstić information content (AvgIpc) is 3.06. The van der Waals surface area contributed by atoms with Gasteiger partial charge in [-0.1, -0.05) is 29.3 Å². The second-order valence-corrected chi connectivity index (χ2v) is 8.35. The molecule has 0 N–H and O–H groups in total. The molecule has 0 bridgehead atoms. The molecule has 0 atom stereocenters. The van der Waals surface area contributed by atoms with Crippen LogP contribution in [-0.2, 0) is 18.3 Å². The van der Waals surface area contributed by atoms with E-state index in [9.17, 15) is 4.79 Å². The molecule has 8 nitrogen and oxygen atoms in total. The van der Waals surface area contributed by atoms with Crippen molar-refractivity contribution >= 4 is 40.1 Å². The number of pyridine rings is 1. The molecular formula is C22H20Cl2N6O2. The third-order valence-corrected chi connectivity index (χ3v) is 6.17. The first-order valence-corrected chi connectivity index (χ1v) is 10.9. The van der Waals surface area contributed by atoms with Crippen molar-refractivity contribution in [2.24, 2.45) is 7.05 Å². The molecule has 32 heavy (non-hydrogen) atoms. The Morgan fingerprint density at radius 2 is 1.78 bits per heavy atom. The van der Waals surface area contributed by atoms with Crippen LogP contribution in [0.2, 0.25) is 10.2 Å². The van der Waals surface area contributed by atoms with Crippen molar-refractivity contribution in [3.63, 3.8) is 0 Å². The molecule has 5 rings (SSSR count). The zero-order valence-corrected chi connectivity index (χ0v) is 18.8. The fourth-order valence-electron chi connectivity index (χ4n) is 3.85. The van der Waals surface area contributed by atoms with E-state index in [0.717, 1.165) is 29.7 Å². The Morgan fingerprint density at radius 1 is 1.03 bits per heavy atom. The molecule has 0 saturated carbocycles. The van der Waals surface area contributed by atoms with E-state index >= 15 is 0 Å². The summed E-state index contributed by atoms with van der Waals surface area (Å²) in [6, 6.07) is 9.04. The fraction of sp³-hybridized carbons (Fsp3) is 0.273. The van der Waals surface area contributed by atoms with E-state index in [4.69, 9.17) is 27.9 Å². The van der Waals surface area contributed by atoms with Crippen molar-refractivity contribution in [3.8, 4) is 11.1 Å². The second kappa shape index (κ2) is 8.54. The van der Waals surface area contributed by atoms with Crippen LogP contribution in [0.5, 0.6) is 0 Å². The maximum atomic E-state index is 12.8. The molecule has 0 spiro atoms. The number of halogens is 2. The third kappa shape index (κ3) is 3.85. The number of aromatic nitrogens is 5. The van der Waals surface area contributed by atoms with Crippen LogP contribution in [0.15, 0.2) is 47.5 Å². The van der Waals surface area contributed by atoms with Gasteiger partial charge in [0.25, 0.3) is 5.56 Å². The van der Waals surface area contributed by atoms with Crippen LogP contribution >= 0.6 is 23.2 Å². The number of morpholine rings is 1. The molecule has 0 aliphatic carbocycles. The largest absolute Gasteiger partial charge is 0.378 e. The molecule has 1 fully saturated rings. The van der Waals surface area contributed by atoms with Gasteiger partial charge in [0, 0.05) is 38.1 Å². The summed E-state index contributed by atoms with van der Waals surface area (Å²) in [7, 11) is 1.72. The number of hydrogen-bond acceptors (Lipinski definition) is 6. The molecule has 0 radical (unpaired) electrons. The molecule has 0 amide bonds. The van der Waals surface area contributed by atoms with Crippen molar-refractivity contribution in [3.05, 3.63) is 68.9 Å². The monoisotopic (exact) mass is 470 g/mol. The molecule has 164 valence electrons. The summed E-state index contributed by atoms with van der Waals surface area (Å²) in [6.07, 6.45) is 3.61. The zero-order chi connectivity index (χ0) is 22.2. The predicted octanol–water partition coefficient (Wildman–Crippen LogP) is 3.38. The molecule has 0 unspecified atom stereocenters. The van der Waals surface area contributed by atoms with Crippen LogP contribution < -0.4 is 10.5 Å². The fourth-order valence-corrected chi connectivity index (χ4v) is 4.18. The third-order valence-electron chi connectivity index (χ3n) is 5.61. The number of nitrogens with zero attached hydrogens (tertiary/aromatic N) is 6. The quantitative estimate of drug-likeness (QED) is 0.425. The molecular weight excluding hydrogens is 451 g/mol. The highest BCUT2D eigenvalue weighted by Gasteiger charge is 2.16. The lowest BCUT2D eigenvalue weighted by Crippen LogP contribution is -2.37. The number of hydrogen-bond donors (Lipinski definition) is 0. The Labute approximate surface area is 194 Å². The molecule has 4 heterocycles. The van der Waals surface area contributed by atoms with Crippen LogP contribution in [0.4, 0.5) is 5.95 Å². The van der Waals surface area contributed by atoms with Crippen molar-refractivity contribution in [1.29, 1.82) is 0 Å². The standard InChI is InChI=1S/C22H20Cl2N6O2/c1-28-21(31)16-3-2-14(15-11-25-22(26-12-15)29-6-8-32-9-7-29)10-19(16)30(28)13-18-17(23)4-5-20(24)27-18/h2-5,10-12H,6-9,13H2,1H3. The van der Waals surface area contributed by atoms with Gasteiger partial charge in [0.15, 0.2) is 0 Å². The first kappa shape index (κ1) is 20.9. The lowest BCUT2D eigenvalue weighted by atomic mass is 10.1. The molecule has 3 aromatic heterocycles. The van der Waals surface area contributed by atoms with Gasteiger partial charge in [-0.2, -0.15) is 0 Å². The maximum absolute atomic E-state index is 12.8. The zero-order valence-electron chi connectivity index (χ0n) is 17.3. The van der Waals surface area contributed by atoms with Crippen LogP contribution in [0.25, 0.3) is 22.0 Å². The highest BCUT2D eigenvalue weighted by molar-refractivity contribution is 6.32. The van der Waals surface area contributed by atoms with Crippen molar-refractivity contribution < 1.29 is 4.74 Å². The topological polar surface area (TPSA) is 78.1 Å². The van der Waals surface area contributed by atoms with E-state index in [1.54, 1.807) is 36.3 Å². The second-order valence-electron chi connectivity index (χ2n) is 7.55. The summed E-state index contributed by atoms with van der Waals surface area (Å²) in [5, 5.41) is 1.45. The summed E-state index contributed by atoms with van der Waals surface area (Å²) in [6.45, 7) is 3.23. The molecule has 10 heteroatoms. The Balaban J connectivity index is 1.52. The van der Waals surface area contributed by atoms with E-state index in [2.05, 4.69) is 19.9 Å². The van der Waals surface area contributed by atoms with Crippen LogP contribution in [0, 0.1) is 0 Å². The first-order chi connectivity index (χ1) is 15.5. The number of rotatable bonds is 4. The minimum Gasteiger partial charge on any atom is -0.378 e. The van der Waals surface area contributed by atoms with E-state index < -0.39 is 0 Å². The van der Waals surface area contributed by atoms with Crippen LogP contribution in [0.3, 0.4) is 0 Å². The van der Waals surface area contributed by atoms with Gasteiger partial charge in [-0.25, -0.2) is 15.0 Å². The molecule has 4 aromatic rings. The minimum atomic E-state index is -0.0939. The molecule has 1 aliphatic heterocycles. The van der Waals surface area contributed by atoms with Gasteiger partial charge in [0.1, 0.15) is 5.15 Å². The number of benzene rings is 1. The smallest absolute Gasteiger partial charge is 0.274 e. The maximum Gasteiger partial charge on any atom is 0.274 e. The first-order valence-electron chi connectivity index (χ1n) is 10.2. The summed E-state index contributed by atoms with van der Waals surface area (Å²) in [4.78, 5) is 28.3. The molecule has 1 aliphatic rings. The lowest BCUT2D eigenvalue weighted by molar-refractivity contribution is 0.122. The summed E-state index contributed by atoms with van der Waals surface area (Å²) in [5.41, 5.74) is 3.05. The summed E-state index contributed by atoms with van der Waals surface area (Å²) >= 11 is 12.4. The van der Waals surface area contributed by atoms with Gasteiger partial charge in [0.05, 0.1) is 41.4 Å². The Morgan fingerprint density at radius 3 is 2.53 bits per heavy atom. The van der Waals surface area contributed by atoms with Gasteiger partial charge in [-0.05, 0) is 29.8 Å². The van der Waals surface area contributed by atoms with Gasteiger partial charge >= 0.3 is 0 Å². The SMILES string of the molecule is Cn1c(=O)c2ccc(-c3cnc(N4CCOCC4)nc3)cc2n1Cc1nc(Cl)ccc1Cl. The normalized spacial score (nSPS) is 14.3. The van der Waals surface area contributed by atoms with Crippen molar-refractivity contribution in [2.75, 3.05) is 31.2 Å². The van der Waals surface area contributed by atoms with E-state index in [1.165, 1.54) is 0 Å². The predicted molar refractivity (Wildman–Crippen MR) is 125 cm³/mol. The van der Waals surface area contributed by atoms with Crippen LogP contribution in [-0.4, -0.2) is 50.6 Å². The van der Waals surface area contributed by atoms with E-state index in [0.29, 0.717) is 47.0 Å². The Bertz CT molecular complexity index is 1340. The Hall–Kier alpha value is -2.94. The van der Waals surface area contributed by atoms with E-state index in [-0.39, 0.29) is 5.56 Å². The van der Waals surface area contributed by atoms with Gasteiger partial charge in [0.2, 0.25) is 5.95 Å². The van der Waals surface area contributed by atoms with Crippen LogP contribution in [0.1, 0.15) is 5.69 Å². The Kier molecular flexibility index (Phi) is 5.58. The van der Waals surface area contributed by atoms with Crippen molar-refractivity contribution in [2.45, 2.75) is 6.54 Å². The number of fused-ring (bicyclic) bond motifs is 1. The summed E-state index contributed by atoms with van der Waals surface area (Å²) < 4.78 is 8.79. The summed E-state index contributed by atoms with van der Waals surface area (Å²) in [5.74, 6) is 0.691. The molecule has 1 aromatic carbocycles. The van der Waals surface area contributed by atoms with Gasteiger partial charge < -0.3 is 9.64 Å². The number of ether oxygens (including phenoxy) is 1. The minimum absolute atomic E-state index is 0.0939. The number of anilines is 1. The van der Waals surface area contributed by atoms with Crippen molar-refractivity contribution in [1.82, 2.24) is 24.3 Å². The van der Waals surface area contributed by atoms with Gasteiger partial charge in [-0.3, -0.25) is 14.2 Å². The highest BCUT2D eigenvalue weighted by Crippen LogP contribution is 2.25. The molecule has 1 saturated heterocycles. The lowest BCUT2D eigenvalue weighted by Gasteiger charge is -2.26.